The number of hydrogen-bond acceptors (Lipinski definition) is 11. The predicted molar refractivity (Wildman–Crippen MR) is 158 cm³/mol. The molecule has 0 radical (unpaired) electrons. The molecule has 4 aliphatic rings. The molecule has 0 saturated heterocycles. The SMILES string of the molecule is Cc1cc(=O)c2cc3c(cc2o1)O[C@](C)(C1CCCC1)[C@H](OOC[C@H](O)[C@](O)(C[NH+]1CC=C2N=CC=C21)[C@H](O)[C@H](O)CO)C3. The van der Waals surface area contributed by atoms with E-state index >= 15 is 0 Å². The van der Waals surface area contributed by atoms with Gasteiger partial charge in [-0.05, 0) is 38.3 Å². The van der Waals surface area contributed by atoms with Crippen LogP contribution in [0.3, 0.4) is 0 Å². The largest absolute Gasteiger partial charge is 0.484 e. The zero-order valence-corrected chi connectivity index (χ0v) is 24.9. The van der Waals surface area contributed by atoms with Crippen molar-refractivity contribution in [1.29, 1.82) is 0 Å². The van der Waals surface area contributed by atoms with Gasteiger partial charge in [-0.3, -0.25) is 14.7 Å². The number of allylic oxidation sites excluding steroid dienone is 1. The molecule has 0 bridgehead atoms. The molecule has 0 spiro atoms. The Hall–Kier alpha value is -2.94. The highest BCUT2D eigenvalue weighted by atomic mass is 17.2. The lowest BCUT2D eigenvalue weighted by Gasteiger charge is -2.45. The van der Waals surface area contributed by atoms with Gasteiger partial charge < -0.3 is 34.7 Å². The Labute approximate surface area is 254 Å². The van der Waals surface area contributed by atoms with Gasteiger partial charge in [0.25, 0.3) is 0 Å². The van der Waals surface area contributed by atoms with Crippen molar-refractivity contribution in [3.8, 4) is 5.75 Å². The van der Waals surface area contributed by atoms with E-state index in [-0.39, 0.29) is 17.9 Å². The van der Waals surface area contributed by atoms with Crippen LogP contribution in [0, 0.1) is 12.8 Å². The molecule has 6 N–H and O–H groups in total. The van der Waals surface area contributed by atoms with Gasteiger partial charge in [-0.1, -0.05) is 12.8 Å². The molecule has 44 heavy (non-hydrogen) atoms. The van der Waals surface area contributed by atoms with Gasteiger partial charge in [-0.25, -0.2) is 9.78 Å². The van der Waals surface area contributed by atoms with Gasteiger partial charge in [0.05, 0.1) is 12.0 Å². The molecule has 6 rings (SSSR count). The third-order valence-corrected chi connectivity index (χ3v) is 9.77. The van der Waals surface area contributed by atoms with Gasteiger partial charge in [0.15, 0.2) is 16.7 Å². The fourth-order valence-corrected chi connectivity index (χ4v) is 7.11. The number of fused-ring (bicyclic) bond motifs is 3. The standard InChI is InChI=1S/C32H40N2O10/c1-18-11-24(36)21-12-19-13-29(31(2,20-5-3-4-6-20)43-26(19)14-27(21)42-18)44-41-16-28(38)32(40,30(39)25(37)15-35)17-34-10-8-22-23(34)7-9-33-22/h7-9,11-12,14,20,25,28-30,35,37-40H,3-6,10,13,15-17H2,1-2H3/p+1/t25-,28+,29-,30-,31-,32-/m1/s1. The third kappa shape index (κ3) is 5.54. The van der Waals surface area contributed by atoms with Gasteiger partial charge >= 0.3 is 0 Å². The van der Waals surface area contributed by atoms with Gasteiger partial charge in [-0.15, -0.1) is 0 Å². The Morgan fingerprint density at radius 3 is 2.73 bits per heavy atom. The number of nitrogens with zero attached hydrogens (tertiary/aromatic N) is 1. The number of aliphatic hydroxyl groups is 5. The summed E-state index contributed by atoms with van der Waals surface area (Å²) in [6.45, 7) is 2.61. The van der Waals surface area contributed by atoms with Crippen molar-refractivity contribution in [2.75, 3.05) is 26.3 Å². The zero-order valence-electron chi connectivity index (χ0n) is 24.9. The molecule has 12 heteroatoms. The average Bonchev–Trinajstić information content (AvgIpc) is 3.77. The summed E-state index contributed by atoms with van der Waals surface area (Å²) in [5, 5.41) is 53.9. The molecule has 1 saturated carbocycles. The zero-order chi connectivity index (χ0) is 31.2. The van der Waals surface area contributed by atoms with Crippen LogP contribution in [0.2, 0.25) is 0 Å². The highest BCUT2D eigenvalue weighted by Gasteiger charge is 2.52. The molecule has 1 fully saturated rings. The number of hydrogen-bond donors (Lipinski definition) is 6. The second-order valence-corrected chi connectivity index (χ2v) is 12.7. The summed E-state index contributed by atoms with van der Waals surface area (Å²) in [6, 6.07) is 4.95. The minimum atomic E-state index is -2.27. The van der Waals surface area contributed by atoms with Crippen LogP contribution in [0.5, 0.6) is 5.75 Å². The van der Waals surface area contributed by atoms with E-state index in [9.17, 15) is 30.3 Å². The summed E-state index contributed by atoms with van der Waals surface area (Å²) in [6.07, 6.45) is 3.73. The van der Waals surface area contributed by atoms with Crippen molar-refractivity contribution >= 4 is 17.2 Å². The molecular formula is C32H41N2O10+. The van der Waals surface area contributed by atoms with E-state index in [0.717, 1.165) is 47.5 Å². The summed E-state index contributed by atoms with van der Waals surface area (Å²) in [5.41, 5.74) is -0.484. The highest BCUT2D eigenvalue weighted by Crippen LogP contribution is 2.45. The van der Waals surface area contributed by atoms with Crippen molar-refractivity contribution in [2.24, 2.45) is 10.9 Å². The number of ether oxygens (including phenoxy) is 1. The normalized spacial score (nSPS) is 28.2. The molecule has 1 aromatic heterocycles. The molecule has 7 atom stereocenters. The summed E-state index contributed by atoms with van der Waals surface area (Å²) in [4.78, 5) is 29.2. The van der Waals surface area contributed by atoms with E-state index in [2.05, 4.69) is 4.99 Å². The Morgan fingerprint density at radius 2 is 1.98 bits per heavy atom. The molecule has 238 valence electrons. The smallest absolute Gasteiger partial charge is 0.192 e. The van der Waals surface area contributed by atoms with Crippen LogP contribution in [-0.4, -0.2) is 93.7 Å². The maximum absolute atomic E-state index is 12.7. The van der Waals surface area contributed by atoms with E-state index in [1.165, 1.54) is 6.07 Å². The summed E-state index contributed by atoms with van der Waals surface area (Å²) >= 11 is 0. The van der Waals surface area contributed by atoms with Gasteiger partial charge in [0, 0.05) is 42.8 Å². The third-order valence-electron chi connectivity index (χ3n) is 9.77. The lowest BCUT2D eigenvalue weighted by Crippen LogP contribution is -3.11. The first kappa shape index (κ1) is 31.1. The van der Waals surface area contributed by atoms with E-state index in [1.807, 2.05) is 13.0 Å². The molecule has 3 aliphatic heterocycles. The average molecular weight is 614 g/mol. The van der Waals surface area contributed by atoms with Crippen molar-refractivity contribution in [2.45, 2.75) is 81.6 Å². The van der Waals surface area contributed by atoms with Crippen LogP contribution in [0.15, 0.2) is 55.9 Å². The quantitative estimate of drug-likeness (QED) is 0.148. The van der Waals surface area contributed by atoms with Gasteiger partial charge in [0.2, 0.25) is 0 Å². The number of aliphatic imine (C=N–C) groups is 1. The van der Waals surface area contributed by atoms with Crippen LogP contribution in [0.1, 0.15) is 43.9 Å². The molecule has 1 unspecified atom stereocenters. The fourth-order valence-electron chi connectivity index (χ4n) is 7.11. The summed E-state index contributed by atoms with van der Waals surface area (Å²) in [5.74, 6) is 1.29. The second kappa shape index (κ2) is 12.1. The maximum Gasteiger partial charge on any atom is 0.192 e. The van der Waals surface area contributed by atoms with Crippen molar-refractivity contribution < 1.29 is 49.4 Å². The molecule has 1 aliphatic carbocycles. The van der Waals surface area contributed by atoms with Crippen LogP contribution >= 0.6 is 0 Å². The first-order chi connectivity index (χ1) is 21.0. The summed E-state index contributed by atoms with van der Waals surface area (Å²) in [7, 11) is 0. The number of rotatable bonds is 11. The number of aliphatic hydroxyl groups excluding tert-OH is 4. The van der Waals surface area contributed by atoms with Crippen LogP contribution in [0.4, 0.5) is 0 Å². The maximum atomic E-state index is 12.7. The van der Waals surface area contributed by atoms with E-state index in [0.29, 0.717) is 35.4 Å². The second-order valence-electron chi connectivity index (χ2n) is 12.7. The highest BCUT2D eigenvalue weighted by molar-refractivity contribution is 5.80. The summed E-state index contributed by atoms with van der Waals surface area (Å²) < 4.78 is 12.4. The van der Waals surface area contributed by atoms with Gasteiger partial charge in [0.1, 0.15) is 72.5 Å². The number of nitrogens with one attached hydrogen (secondary N) is 1. The molecule has 0 amide bonds. The number of benzene rings is 1. The molecule has 4 heterocycles. The molecular weight excluding hydrogens is 572 g/mol. The van der Waals surface area contributed by atoms with E-state index in [1.54, 1.807) is 31.3 Å². The van der Waals surface area contributed by atoms with Crippen LogP contribution < -0.4 is 15.1 Å². The predicted octanol–water partition coefficient (Wildman–Crippen LogP) is -0.141. The number of quaternary nitrogens is 1. The van der Waals surface area contributed by atoms with Crippen molar-refractivity contribution in [3.05, 3.63) is 63.3 Å². The molecule has 1 aromatic carbocycles. The lowest BCUT2D eigenvalue weighted by atomic mass is 9.78. The monoisotopic (exact) mass is 613 g/mol. The first-order valence-corrected chi connectivity index (χ1v) is 15.3. The van der Waals surface area contributed by atoms with Gasteiger partial charge in [-0.2, -0.15) is 0 Å². The topological polar surface area (TPSA) is 176 Å². The van der Waals surface area contributed by atoms with E-state index in [4.69, 9.17) is 18.9 Å². The first-order valence-electron chi connectivity index (χ1n) is 15.3. The minimum absolute atomic E-state index is 0.155. The van der Waals surface area contributed by atoms with Crippen molar-refractivity contribution in [3.63, 3.8) is 0 Å². The Morgan fingerprint density at radius 1 is 1.20 bits per heavy atom. The molecule has 2 aromatic rings. The van der Waals surface area contributed by atoms with Crippen molar-refractivity contribution in [1.82, 2.24) is 0 Å². The van der Waals surface area contributed by atoms with Crippen LogP contribution in [-0.2, 0) is 16.2 Å². The van der Waals surface area contributed by atoms with E-state index < -0.39 is 48.8 Å². The van der Waals surface area contributed by atoms with Crippen LogP contribution in [0.25, 0.3) is 11.0 Å². The lowest BCUT2D eigenvalue weighted by molar-refractivity contribution is -0.856. The minimum Gasteiger partial charge on any atom is -0.484 e. The molecule has 12 nitrogen and oxygen atoms in total. The fraction of sp³-hybridized carbons (Fsp3) is 0.562. The Balaban J connectivity index is 1.21. The Bertz CT molecular complexity index is 1550. The Kier molecular flexibility index (Phi) is 8.54. The number of aryl methyl sites for hydroxylation is 1.